The number of nitrogens with zero attached hydrogens (tertiary/aromatic N) is 1. The predicted octanol–water partition coefficient (Wildman–Crippen LogP) is 1.17. The molecule has 0 aromatic carbocycles. The van der Waals surface area contributed by atoms with E-state index in [4.69, 9.17) is 0 Å². The van der Waals surface area contributed by atoms with Gasteiger partial charge in [0, 0.05) is 18.0 Å². The Morgan fingerprint density at radius 3 is 3.12 bits per heavy atom. The van der Waals surface area contributed by atoms with Crippen LogP contribution < -0.4 is 10.9 Å². The molecule has 2 aromatic heterocycles. The van der Waals surface area contributed by atoms with Gasteiger partial charge in [-0.3, -0.25) is 9.20 Å². The van der Waals surface area contributed by atoms with Crippen LogP contribution in [0.4, 0.5) is 0 Å². The fourth-order valence-electron chi connectivity index (χ4n) is 2.60. The van der Waals surface area contributed by atoms with Gasteiger partial charge in [-0.05, 0) is 44.3 Å². The number of piperidine rings is 1. The van der Waals surface area contributed by atoms with Crippen LogP contribution in [-0.2, 0) is 6.42 Å². The van der Waals surface area contributed by atoms with Crippen molar-refractivity contribution in [2.75, 3.05) is 13.1 Å². The van der Waals surface area contributed by atoms with E-state index in [1.54, 1.807) is 16.5 Å². The largest absolute Gasteiger partial charge is 0.343 e. The highest BCUT2D eigenvalue weighted by atomic mass is 16.1. The standard InChI is InChI=1S/C13H17N3O/c17-13-5-1-4-12-15-11(9-16(12)13)7-10-3-2-6-14-8-10/h1,4-5,9-10,14-15H,2-3,6-8H2. The van der Waals surface area contributed by atoms with E-state index < -0.39 is 0 Å². The normalized spacial score (nSPS) is 20.8. The van der Waals surface area contributed by atoms with Crippen molar-refractivity contribution in [3.8, 4) is 0 Å². The fourth-order valence-corrected chi connectivity index (χ4v) is 2.60. The van der Waals surface area contributed by atoms with Gasteiger partial charge in [0.05, 0.1) is 0 Å². The molecule has 3 heterocycles. The maximum atomic E-state index is 11.6. The highest BCUT2D eigenvalue weighted by Gasteiger charge is 2.14. The summed E-state index contributed by atoms with van der Waals surface area (Å²) in [6.07, 6.45) is 5.49. The maximum absolute atomic E-state index is 11.6. The van der Waals surface area contributed by atoms with E-state index in [0.717, 1.165) is 30.9 Å². The van der Waals surface area contributed by atoms with Gasteiger partial charge in [-0.25, -0.2) is 0 Å². The summed E-state index contributed by atoms with van der Waals surface area (Å²) < 4.78 is 1.69. The van der Waals surface area contributed by atoms with Crippen LogP contribution in [0.15, 0.2) is 29.2 Å². The molecule has 90 valence electrons. The maximum Gasteiger partial charge on any atom is 0.256 e. The third-order valence-corrected chi connectivity index (χ3v) is 3.47. The number of pyridine rings is 1. The van der Waals surface area contributed by atoms with E-state index >= 15 is 0 Å². The number of hydrogen-bond acceptors (Lipinski definition) is 2. The Morgan fingerprint density at radius 1 is 1.41 bits per heavy atom. The third-order valence-electron chi connectivity index (χ3n) is 3.47. The molecular formula is C13H17N3O. The average molecular weight is 231 g/mol. The van der Waals surface area contributed by atoms with Crippen molar-refractivity contribution in [3.05, 3.63) is 40.4 Å². The lowest BCUT2D eigenvalue weighted by Crippen LogP contribution is -2.30. The Kier molecular flexibility index (Phi) is 2.73. The van der Waals surface area contributed by atoms with Crippen LogP contribution in [0.1, 0.15) is 18.5 Å². The lowest BCUT2D eigenvalue weighted by Gasteiger charge is -2.21. The zero-order valence-corrected chi connectivity index (χ0v) is 9.78. The first-order valence-electron chi connectivity index (χ1n) is 6.23. The second-order valence-corrected chi connectivity index (χ2v) is 4.82. The van der Waals surface area contributed by atoms with Crippen LogP contribution in [0.5, 0.6) is 0 Å². The Morgan fingerprint density at radius 2 is 2.35 bits per heavy atom. The van der Waals surface area contributed by atoms with E-state index in [2.05, 4.69) is 10.3 Å². The predicted molar refractivity (Wildman–Crippen MR) is 67.3 cm³/mol. The summed E-state index contributed by atoms with van der Waals surface area (Å²) in [5.74, 6) is 0.688. The molecule has 2 N–H and O–H groups in total. The van der Waals surface area contributed by atoms with Gasteiger partial charge in [0.1, 0.15) is 5.65 Å². The highest BCUT2D eigenvalue weighted by Crippen LogP contribution is 2.15. The van der Waals surface area contributed by atoms with Crippen molar-refractivity contribution in [1.29, 1.82) is 0 Å². The first-order valence-corrected chi connectivity index (χ1v) is 6.23. The van der Waals surface area contributed by atoms with E-state index in [1.807, 2.05) is 12.3 Å². The summed E-state index contributed by atoms with van der Waals surface area (Å²) in [5.41, 5.74) is 2.07. The molecule has 1 fully saturated rings. The lowest BCUT2D eigenvalue weighted by molar-refractivity contribution is 0.374. The second-order valence-electron chi connectivity index (χ2n) is 4.82. The summed E-state index contributed by atoms with van der Waals surface area (Å²) in [7, 11) is 0. The van der Waals surface area contributed by atoms with Crippen LogP contribution in [0.2, 0.25) is 0 Å². The smallest absolute Gasteiger partial charge is 0.256 e. The van der Waals surface area contributed by atoms with Crippen molar-refractivity contribution in [2.45, 2.75) is 19.3 Å². The number of nitrogens with one attached hydrogen (secondary N) is 2. The van der Waals surface area contributed by atoms with E-state index in [0.29, 0.717) is 5.92 Å². The number of H-pyrrole nitrogens is 1. The lowest BCUT2D eigenvalue weighted by atomic mass is 9.95. The number of imidazole rings is 1. The molecule has 17 heavy (non-hydrogen) atoms. The summed E-state index contributed by atoms with van der Waals surface area (Å²) in [5, 5.41) is 3.42. The van der Waals surface area contributed by atoms with E-state index in [1.165, 1.54) is 12.8 Å². The Balaban J connectivity index is 1.85. The van der Waals surface area contributed by atoms with Crippen LogP contribution in [0, 0.1) is 5.92 Å². The molecule has 0 aliphatic carbocycles. The van der Waals surface area contributed by atoms with Crippen molar-refractivity contribution in [3.63, 3.8) is 0 Å². The fraction of sp³-hybridized carbons (Fsp3) is 0.462. The molecule has 0 saturated carbocycles. The van der Waals surface area contributed by atoms with Crippen molar-refractivity contribution in [1.82, 2.24) is 14.7 Å². The third kappa shape index (κ3) is 2.13. The minimum absolute atomic E-state index is 0.0340. The van der Waals surface area contributed by atoms with Gasteiger partial charge in [0.25, 0.3) is 5.56 Å². The minimum Gasteiger partial charge on any atom is -0.343 e. The summed E-state index contributed by atoms with van der Waals surface area (Å²) in [6.45, 7) is 2.23. The van der Waals surface area contributed by atoms with Crippen molar-refractivity contribution in [2.24, 2.45) is 5.92 Å². The SMILES string of the molecule is O=c1cccc2[nH]c(CC3CCCNC3)cn12. The molecule has 0 spiro atoms. The monoisotopic (exact) mass is 231 g/mol. The number of hydrogen-bond donors (Lipinski definition) is 2. The molecular weight excluding hydrogens is 214 g/mol. The molecule has 0 radical (unpaired) electrons. The van der Waals surface area contributed by atoms with E-state index in [9.17, 15) is 4.79 Å². The molecule has 4 nitrogen and oxygen atoms in total. The Hall–Kier alpha value is -1.55. The van der Waals surface area contributed by atoms with Gasteiger partial charge in [-0.1, -0.05) is 6.07 Å². The van der Waals surface area contributed by atoms with Crippen molar-refractivity contribution >= 4 is 5.65 Å². The Labute approximate surface area is 99.7 Å². The molecule has 4 heteroatoms. The Bertz CT molecular complexity index is 563. The minimum atomic E-state index is 0.0340. The summed E-state index contributed by atoms with van der Waals surface area (Å²) in [4.78, 5) is 14.9. The molecule has 3 rings (SSSR count). The summed E-state index contributed by atoms with van der Waals surface area (Å²) in [6, 6.07) is 5.32. The van der Waals surface area contributed by atoms with E-state index in [-0.39, 0.29) is 5.56 Å². The van der Waals surface area contributed by atoms with Gasteiger partial charge < -0.3 is 10.3 Å². The summed E-state index contributed by atoms with van der Waals surface area (Å²) >= 11 is 0. The molecule has 0 amide bonds. The van der Waals surface area contributed by atoms with Crippen LogP contribution in [0.25, 0.3) is 5.65 Å². The van der Waals surface area contributed by atoms with Gasteiger partial charge in [-0.15, -0.1) is 0 Å². The topological polar surface area (TPSA) is 49.3 Å². The molecule has 1 atom stereocenters. The van der Waals surface area contributed by atoms with Gasteiger partial charge >= 0.3 is 0 Å². The zero-order chi connectivity index (χ0) is 11.7. The number of fused-ring (bicyclic) bond motifs is 1. The number of rotatable bonds is 2. The van der Waals surface area contributed by atoms with Gasteiger partial charge in [0.2, 0.25) is 0 Å². The first-order chi connectivity index (χ1) is 8.33. The molecule has 2 aromatic rings. The second kappa shape index (κ2) is 4.37. The highest BCUT2D eigenvalue weighted by molar-refractivity contribution is 5.39. The van der Waals surface area contributed by atoms with Crippen LogP contribution in [-0.4, -0.2) is 22.5 Å². The molecule has 1 saturated heterocycles. The van der Waals surface area contributed by atoms with Gasteiger partial charge in [-0.2, -0.15) is 0 Å². The quantitative estimate of drug-likeness (QED) is 0.815. The first kappa shape index (κ1) is 10.6. The number of aromatic nitrogens is 2. The van der Waals surface area contributed by atoms with Crippen molar-refractivity contribution < 1.29 is 0 Å². The molecule has 1 aliphatic heterocycles. The molecule has 1 aliphatic rings. The molecule has 1 unspecified atom stereocenters. The van der Waals surface area contributed by atoms with Crippen LogP contribution >= 0.6 is 0 Å². The molecule has 0 bridgehead atoms. The zero-order valence-electron chi connectivity index (χ0n) is 9.78. The van der Waals surface area contributed by atoms with Crippen LogP contribution in [0.3, 0.4) is 0 Å². The average Bonchev–Trinajstić information content (AvgIpc) is 2.74. The number of aromatic amines is 1. The van der Waals surface area contributed by atoms with Gasteiger partial charge in [0.15, 0.2) is 0 Å².